The molecule has 0 radical (unpaired) electrons. The van der Waals surface area contributed by atoms with Crippen molar-refractivity contribution in [2.45, 2.75) is 32.4 Å². The van der Waals surface area contributed by atoms with Crippen LogP contribution in [0.5, 0.6) is 12.0 Å². The molecule has 0 aromatic carbocycles. The van der Waals surface area contributed by atoms with Gasteiger partial charge in [0.15, 0.2) is 0 Å². The minimum atomic E-state index is 0.0348. The second kappa shape index (κ2) is 8.30. The average molecular weight is 375 g/mol. The highest BCUT2D eigenvalue weighted by atomic mass is 16.5. The van der Waals surface area contributed by atoms with Crippen LogP contribution in [0.25, 0.3) is 0 Å². The maximum absolute atomic E-state index is 9.11. The van der Waals surface area contributed by atoms with Crippen molar-refractivity contribution in [1.82, 2.24) is 24.9 Å². The number of ether oxygens (including phenoxy) is 2. The third kappa shape index (κ3) is 4.16. The molecule has 2 aromatic rings. The first kappa shape index (κ1) is 19.0. The molecule has 10 nitrogen and oxygen atoms in total. The van der Waals surface area contributed by atoms with Gasteiger partial charge in [-0.2, -0.15) is 9.97 Å². The van der Waals surface area contributed by atoms with E-state index in [0.29, 0.717) is 18.2 Å². The lowest BCUT2D eigenvalue weighted by Crippen LogP contribution is -2.57. The van der Waals surface area contributed by atoms with Crippen molar-refractivity contribution >= 4 is 11.8 Å². The molecule has 2 aromatic heterocycles. The third-order valence-corrected chi connectivity index (χ3v) is 4.45. The van der Waals surface area contributed by atoms with E-state index in [9.17, 15) is 0 Å². The summed E-state index contributed by atoms with van der Waals surface area (Å²) in [4.78, 5) is 26.0. The van der Waals surface area contributed by atoms with Crippen molar-refractivity contribution in [2.75, 3.05) is 43.7 Å². The normalized spacial score (nSPS) is 19.9. The van der Waals surface area contributed by atoms with E-state index in [2.05, 4.69) is 48.6 Å². The van der Waals surface area contributed by atoms with Crippen LogP contribution in [0.2, 0.25) is 0 Å². The molecule has 3 heterocycles. The Kier molecular flexibility index (Phi) is 5.84. The topological polar surface area (TPSA) is 110 Å². The summed E-state index contributed by atoms with van der Waals surface area (Å²) in [7, 11) is 3.03. The number of hydrogen-bond donors (Lipinski definition) is 1. The van der Waals surface area contributed by atoms with Gasteiger partial charge in [-0.15, -0.1) is 4.98 Å². The number of aliphatic hydroxyl groups is 1. The molecule has 1 aliphatic heterocycles. The first-order valence-electron chi connectivity index (χ1n) is 8.85. The molecular weight excluding hydrogens is 350 g/mol. The number of piperazine rings is 1. The van der Waals surface area contributed by atoms with Crippen LogP contribution >= 0.6 is 0 Å². The lowest BCUT2D eigenvalue weighted by Gasteiger charge is -2.44. The zero-order valence-electron chi connectivity index (χ0n) is 16.0. The molecule has 0 saturated carbocycles. The van der Waals surface area contributed by atoms with Gasteiger partial charge in [0.2, 0.25) is 5.95 Å². The molecule has 10 heteroatoms. The SMILES string of the molecule is COc1nc(OC)nc(N2[C@H](C)CN(c3ccnc(CCO)n3)C[C@@H]2C)n1. The van der Waals surface area contributed by atoms with Crippen LogP contribution in [0.1, 0.15) is 19.7 Å². The molecule has 3 rings (SSSR count). The quantitative estimate of drug-likeness (QED) is 0.758. The molecule has 27 heavy (non-hydrogen) atoms. The Morgan fingerprint density at radius 2 is 1.67 bits per heavy atom. The minimum Gasteiger partial charge on any atom is -0.467 e. The van der Waals surface area contributed by atoms with Crippen molar-refractivity contribution in [3.8, 4) is 12.0 Å². The highest BCUT2D eigenvalue weighted by Crippen LogP contribution is 2.26. The summed E-state index contributed by atoms with van der Waals surface area (Å²) >= 11 is 0. The molecule has 0 bridgehead atoms. The maximum atomic E-state index is 9.11. The zero-order chi connectivity index (χ0) is 19.4. The number of aliphatic hydroxyl groups excluding tert-OH is 1. The number of nitrogens with zero attached hydrogens (tertiary/aromatic N) is 7. The van der Waals surface area contributed by atoms with E-state index in [0.717, 1.165) is 18.9 Å². The van der Waals surface area contributed by atoms with E-state index in [-0.39, 0.29) is 30.7 Å². The number of methoxy groups -OCH3 is 2. The summed E-state index contributed by atoms with van der Waals surface area (Å²) in [5, 5.41) is 9.11. The highest BCUT2D eigenvalue weighted by molar-refractivity contribution is 5.45. The molecule has 0 amide bonds. The lowest BCUT2D eigenvalue weighted by atomic mass is 10.1. The van der Waals surface area contributed by atoms with E-state index in [4.69, 9.17) is 14.6 Å². The van der Waals surface area contributed by atoms with Crippen LogP contribution in [-0.4, -0.2) is 76.0 Å². The zero-order valence-corrected chi connectivity index (χ0v) is 16.0. The highest BCUT2D eigenvalue weighted by Gasteiger charge is 2.32. The van der Waals surface area contributed by atoms with Gasteiger partial charge in [-0.25, -0.2) is 9.97 Å². The van der Waals surface area contributed by atoms with Gasteiger partial charge in [-0.05, 0) is 19.9 Å². The number of hydrogen-bond acceptors (Lipinski definition) is 10. The Morgan fingerprint density at radius 3 is 2.22 bits per heavy atom. The van der Waals surface area contributed by atoms with E-state index in [1.807, 2.05) is 6.07 Å². The van der Waals surface area contributed by atoms with Crippen molar-refractivity contribution in [1.29, 1.82) is 0 Å². The summed E-state index contributed by atoms with van der Waals surface area (Å²) in [6, 6.07) is 2.60. The molecule has 1 fully saturated rings. The Morgan fingerprint density at radius 1 is 1.04 bits per heavy atom. The second-order valence-corrected chi connectivity index (χ2v) is 6.42. The van der Waals surface area contributed by atoms with Gasteiger partial charge in [0.1, 0.15) is 11.6 Å². The van der Waals surface area contributed by atoms with Crippen LogP contribution in [0.4, 0.5) is 11.8 Å². The fourth-order valence-electron chi connectivity index (χ4n) is 3.31. The molecular formula is C17H25N7O3. The number of anilines is 2. The van der Waals surface area contributed by atoms with Gasteiger partial charge in [0.25, 0.3) is 0 Å². The molecule has 0 unspecified atom stereocenters. The van der Waals surface area contributed by atoms with E-state index < -0.39 is 0 Å². The Bertz CT molecular complexity index is 742. The third-order valence-electron chi connectivity index (χ3n) is 4.45. The summed E-state index contributed by atoms with van der Waals surface area (Å²) in [6.45, 7) is 5.75. The van der Waals surface area contributed by atoms with Gasteiger partial charge < -0.3 is 24.4 Å². The first-order valence-corrected chi connectivity index (χ1v) is 8.85. The van der Waals surface area contributed by atoms with Crippen molar-refractivity contribution in [3.63, 3.8) is 0 Å². The van der Waals surface area contributed by atoms with Crippen LogP contribution in [0.3, 0.4) is 0 Å². The Balaban J connectivity index is 1.82. The maximum Gasteiger partial charge on any atom is 0.324 e. The van der Waals surface area contributed by atoms with E-state index in [1.165, 1.54) is 14.2 Å². The minimum absolute atomic E-state index is 0.0348. The second-order valence-electron chi connectivity index (χ2n) is 6.42. The molecule has 146 valence electrons. The smallest absolute Gasteiger partial charge is 0.324 e. The molecule has 0 aliphatic carbocycles. The fraction of sp³-hybridized carbons (Fsp3) is 0.588. The van der Waals surface area contributed by atoms with Crippen molar-refractivity contribution in [3.05, 3.63) is 18.1 Å². The predicted octanol–water partition coefficient (Wildman–Crippen LogP) is 0.317. The van der Waals surface area contributed by atoms with Crippen LogP contribution in [0, 0.1) is 0 Å². The van der Waals surface area contributed by atoms with Crippen LogP contribution in [-0.2, 0) is 6.42 Å². The number of rotatable bonds is 6. The van der Waals surface area contributed by atoms with E-state index >= 15 is 0 Å². The van der Waals surface area contributed by atoms with E-state index in [1.54, 1.807) is 6.20 Å². The first-order chi connectivity index (χ1) is 13.0. The molecule has 1 N–H and O–H groups in total. The van der Waals surface area contributed by atoms with Gasteiger partial charge in [-0.3, -0.25) is 0 Å². The van der Waals surface area contributed by atoms with Gasteiger partial charge >= 0.3 is 12.0 Å². The van der Waals surface area contributed by atoms with Gasteiger partial charge in [0.05, 0.1) is 20.8 Å². The van der Waals surface area contributed by atoms with Crippen LogP contribution in [0.15, 0.2) is 12.3 Å². The molecule has 0 spiro atoms. The summed E-state index contributed by atoms with van der Waals surface area (Å²) < 4.78 is 10.3. The molecule has 1 saturated heterocycles. The fourth-order valence-corrected chi connectivity index (χ4v) is 3.31. The Hall–Kier alpha value is -2.75. The van der Waals surface area contributed by atoms with Crippen molar-refractivity contribution < 1.29 is 14.6 Å². The van der Waals surface area contributed by atoms with Crippen LogP contribution < -0.4 is 19.3 Å². The largest absolute Gasteiger partial charge is 0.467 e. The molecule has 2 atom stereocenters. The molecule has 1 aliphatic rings. The average Bonchev–Trinajstić information content (AvgIpc) is 2.67. The monoisotopic (exact) mass is 375 g/mol. The summed E-state index contributed by atoms with van der Waals surface area (Å²) in [5.41, 5.74) is 0. The van der Waals surface area contributed by atoms with Crippen molar-refractivity contribution in [2.24, 2.45) is 0 Å². The summed E-state index contributed by atoms with van der Waals surface area (Å²) in [6.07, 6.45) is 2.18. The van der Waals surface area contributed by atoms with Gasteiger partial charge in [0, 0.05) is 37.8 Å². The Labute approximate surface area is 158 Å². The standard InChI is InChI=1S/C17H25N7O3/c1-11-9-23(14-5-7-18-13(19-14)6-8-25)10-12(2)24(11)15-20-16(26-3)22-17(21-15)27-4/h5,7,11-12,25H,6,8-10H2,1-4H3/t11-,12+. The number of aromatic nitrogens is 5. The predicted molar refractivity (Wildman–Crippen MR) is 99.4 cm³/mol. The lowest BCUT2D eigenvalue weighted by molar-refractivity contribution is 0.296. The summed E-state index contributed by atoms with van der Waals surface area (Å²) in [5.74, 6) is 2.03. The van der Waals surface area contributed by atoms with Gasteiger partial charge in [-0.1, -0.05) is 0 Å².